The summed E-state index contributed by atoms with van der Waals surface area (Å²) in [5.41, 5.74) is 1.22. The number of hydrogen-bond donors (Lipinski definition) is 0. The highest BCUT2D eigenvalue weighted by atomic mass is 32.2. The van der Waals surface area contributed by atoms with E-state index in [2.05, 4.69) is 20.3 Å². The van der Waals surface area contributed by atoms with Crippen LogP contribution in [0.15, 0.2) is 41.6 Å². The molecule has 0 aliphatic carbocycles. The summed E-state index contributed by atoms with van der Waals surface area (Å²) >= 11 is 1.08. The SMILES string of the molecule is O=C([O-])CSc1ccc2nnc(-c3ccccn3)n2n1. The van der Waals surface area contributed by atoms with E-state index >= 15 is 0 Å². The van der Waals surface area contributed by atoms with Crippen LogP contribution in [0.2, 0.25) is 0 Å². The number of thioether (sulfide) groups is 1. The van der Waals surface area contributed by atoms with E-state index in [1.807, 2.05) is 6.07 Å². The van der Waals surface area contributed by atoms with Gasteiger partial charge in [-0.2, -0.15) is 9.61 Å². The molecular weight excluding hydrogens is 278 g/mol. The van der Waals surface area contributed by atoms with Crippen molar-refractivity contribution in [1.82, 2.24) is 24.8 Å². The molecule has 0 bridgehead atoms. The van der Waals surface area contributed by atoms with Crippen molar-refractivity contribution >= 4 is 23.4 Å². The molecule has 0 radical (unpaired) electrons. The summed E-state index contributed by atoms with van der Waals surface area (Å²) in [6, 6.07) is 8.88. The van der Waals surface area contributed by atoms with Crippen LogP contribution in [0.25, 0.3) is 17.2 Å². The van der Waals surface area contributed by atoms with Crippen LogP contribution in [-0.4, -0.2) is 36.5 Å². The molecule has 0 aliphatic rings. The Morgan fingerprint density at radius 3 is 2.90 bits per heavy atom. The van der Waals surface area contributed by atoms with Gasteiger partial charge < -0.3 is 9.90 Å². The van der Waals surface area contributed by atoms with Gasteiger partial charge >= 0.3 is 0 Å². The van der Waals surface area contributed by atoms with Crippen LogP contribution in [0, 0.1) is 0 Å². The smallest absolute Gasteiger partial charge is 0.203 e. The van der Waals surface area contributed by atoms with Gasteiger partial charge in [-0.15, -0.1) is 10.2 Å². The van der Waals surface area contributed by atoms with Gasteiger partial charge in [-0.3, -0.25) is 4.98 Å². The average molecular weight is 286 g/mol. The number of carboxylic acids is 1. The monoisotopic (exact) mass is 286 g/mol. The molecule has 0 N–H and O–H groups in total. The topological polar surface area (TPSA) is 96.1 Å². The highest BCUT2D eigenvalue weighted by molar-refractivity contribution is 7.99. The van der Waals surface area contributed by atoms with Crippen LogP contribution >= 0.6 is 11.8 Å². The average Bonchev–Trinajstić information content (AvgIpc) is 2.89. The standard InChI is InChI=1S/C12H9N5O2S/c18-11(19)7-20-10-5-4-9-14-15-12(17(9)16-10)8-3-1-2-6-13-8/h1-6H,7H2,(H,18,19)/p-1. The zero-order valence-electron chi connectivity index (χ0n) is 10.1. The molecule has 8 heteroatoms. The van der Waals surface area contributed by atoms with Crippen molar-refractivity contribution in [2.75, 3.05) is 5.75 Å². The van der Waals surface area contributed by atoms with Gasteiger partial charge in [-0.25, -0.2) is 0 Å². The number of carbonyl (C=O) groups is 1. The quantitative estimate of drug-likeness (QED) is 0.624. The van der Waals surface area contributed by atoms with E-state index in [0.717, 1.165) is 11.8 Å². The Balaban J connectivity index is 2.02. The fraction of sp³-hybridized carbons (Fsp3) is 0.0833. The van der Waals surface area contributed by atoms with E-state index < -0.39 is 5.97 Å². The predicted octanol–water partition coefficient (Wildman–Crippen LogP) is 0.0283. The lowest BCUT2D eigenvalue weighted by Gasteiger charge is -2.03. The first-order valence-corrected chi connectivity index (χ1v) is 6.69. The molecule has 0 saturated carbocycles. The number of pyridine rings is 1. The Hall–Kier alpha value is -2.48. The van der Waals surface area contributed by atoms with Gasteiger partial charge in [-0.1, -0.05) is 17.8 Å². The van der Waals surface area contributed by atoms with Gasteiger partial charge in [0.2, 0.25) is 5.82 Å². The highest BCUT2D eigenvalue weighted by Crippen LogP contribution is 2.18. The van der Waals surface area contributed by atoms with Crippen molar-refractivity contribution < 1.29 is 9.90 Å². The predicted molar refractivity (Wildman–Crippen MR) is 69.7 cm³/mol. The highest BCUT2D eigenvalue weighted by Gasteiger charge is 2.10. The third-order valence-corrected chi connectivity index (χ3v) is 3.36. The van der Waals surface area contributed by atoms with E-state index in [0.29, 0.717) is 22.2 Å². The van der Waals surface area contributed by atoms with Crippen molar-refractivity contribution in [2.45, 2.75) is 5.03 Å². The number of aromatic nitrogens is 5. The van der Waals surface area contributed by atoms with Gasteiger partial charge in [0.1, 0.15) is 10.7 Å². The van der Waals surface area contributed by atoms with Crippen molar-refractivity contribution in [3.8, 4) is 11.5 Å². The second-order valence-corrected chi connectivity index (χ2v) is 4.84. The summed E-state index contributed by atoms with van der Waals surface area (Å²) in [6.45, 7) is 0. The molecule has 0 unspecified atom stereocenters. The number of aliphatic carboxylic acids is 1. The minimum absolute atomic E-state index is 0.153. The number of carboxylic acid groups (broad SMARTS) is 1. The largest absolute Gasteiger partial charge is 0.549 e. The third kappa shape index (κ3) is 2.45. The first kappa shape index (κ1) is 12.5. The Kier molecular flexibility index (Phi) is 3.30. The summed E-state index contributed by atoms with van der Waals surface area (Å²) in [5.74, 6) is -0.776. The molecule has 3 rings (SSSR count). The maximum atomic E-state index is 10.5. The first-order chi connectivity index (χ1) is 9.74. The van der Waals surface area contributed by atoms with E-state index in [9.17, 15) is 9.90 Å². The molecule has 0 fully saturated rings. The number of fused-ring (bicyclic) bond motifs is 1. The van der Waals surface area contributed by atoms with Gasteiger partial charge in [0.15, 0.2) is 5.65 Å². The van der Waals surface area contributed by atoms with Gasteiger partial charge in [0.25, 0.3) is 0 Å². The lowest BCUT2D eigenvalue weighted by Crippen LogP contribution is -2.24. The second kappa shape index (κ2) is 5.25. The van der Waals surface area contributed by atoms with Gasteiger partial charge in [-0.05, 0) is 24.3 Å². The minimum atomic E-state index is -1.13. The summed E-state index contributed by atoms with van der Waals surface area (Å²) in [5, 5.41) is 23.4. The number of rotatable bonds is 4. The van der Waals surface area contributed by atoms with E-state index in [4.69, 9.17) is 0 Å². The molecular formula is C12H8N5O2S-. The van der Waals surface area contributed by atoms with Gasteiger partial charge in [0.05, 0.1) is 5.97 Å². The van der Waals surface area contributed by atoms with Crippen molar-refractivity contribution in [2.24, 2.45) is 0 Å². The number of hydrogen-bond acceptors (Lipinski definition) is 7. The van der Waals surface area contributed by atoms with E-state index in [1.54, 1.807) is 35.0 Å². The summed E-state index contributed by atoms with van der Waals surface area (Å²) < 4.78 is 1.54. The lowest BCUT2D eigenvalue weighted by molar-refractivity contribution is -0.301. The molecule has 0 amide bonds. The molecule has 100 valence electrons. The summed E-state index contributed by atoms with van der Waals surface area (Å²) in [7, 11) is 0. The van der Waals surface area contributed by atoms with Crippen LogP contribution in [0.3, 0.4) is 0 Å². The Morgan fingerprint density at radius 1 is 1.25 bits per heavy atom. The van der Waals surface area contributed by atoms with Crippen molar-refractivity contribution in [1.29, 1.82) is 0 Å². The van der Waals surface area contributed by atoms with Crippen LogP contribution in [-0.2, 0) is 4.79 Å². The summed E-state index contributed by atoms with van der Waals surface area (Å²) in [4.78, 5) is 14.7. The second-order valence-electron chi connectivity index (χ2n) is 3.84. The molecule has 20 heavy (non-hydrogen) atoms. The molecule has 7 nitrogen and oxygen atoms in total. The van der Waals surface area contributed by atoms with E-state index in [-0.39, 0.29) is 5.75 Å². The van der Waals surface area contributed by atoms with Crippen LogP contribution in [0.5, 0.6) is 0 Å². The molecule has 3 aromatic rings. The molecule has 3 aromatic heterocycles. The van der Waals surface area contributed by atoms with Crippen molar-refractivity contribution in [3.05, 3.63) is 36.5 Å². The Labute approximate surface area is 117 Å². The molecule has 0 aliphatic heterocycles. The number of nitrogens with zero attached hydrogens (tertiary/aromatic N) is 5. The molecule has 0 spiro atoms. The molecule has 0 saturated heterocycles. The first-order valence-electron chi connectivity index (χ1n) is 5.70. The van der Waals surface area contributed by atoms with Crippen LogP contribution in [0.1, 0.15) is 0 Å². The lowest BCUT2D eigenvalue weighted by atomic mass is 10.3. The fourth-order valence-electron chi connectivity index (χ4n) is 1.64. The van der Waals surface area contributed by atoms with E-state index in [1.165, 1.54) is 0 Å². The zero-order chi connectivity index (χ0) is 13.9. The third-order valence-electron chi connectivity index (χ3n) is 2.47. The normalized spacial score (nSPS) is 10.8. The molecule has 0 atom stereocenters. The number of carbonyl (C=O) groups excluding carboxylic acids is 1. The Morgan fingerprint density at radius 2 is 2.15 bits per heavy atom. The molecule has 0 aromatic carbocycles. The van der Waals surface area contributed by atoms with Gasteiger partial charge in [0, 0.05) is 11.9 Å². The molecule has 3 heterocycles. The zero-order valence-corrected chi connectivity index (χ0v) is 10.9. The van der Waals surface area contributed by atoms with Crippen LogP contribution in [0.4, 0.5) is 0 Å². The Bertz CT molecular complexity index is 759. The summed E-state index contributed by atoms with van der Waals surface area (Å²) in [6.07, 6.45) is 1.66. The maximum absolute atomic E-state index is 10.5. The fourth-order valence-corrected chi connectivity index (χ4v) is 2.21. The minimum Gasteiger partial charge on any atom is -0.549 e. The van der Waals surface area contributed by atoms with Crippen LogP contribution < -0.4 is 5.11 Å². The van der Waals surface area contributed by atoms with Crippen molar-refractivity contribution in [3.63, 3.8) is 0 Å². The maximum Gasteiger partial charge on any atom is 0.203 e.